The second-order valence-corrected chi connectivity index (χ2v) is 6.15. The molecule has 6 nitrogen and oxygen atoms in total. The zero-order valence-electron chi connectivity index (χ0n) is 14.2. The number of hydrogen-bond acceptors (Lipinski definition) is 4. The summed E-state index contributed by atoms with van der Waals surface area (Å²) in [6.07, 6.45) is 3.40. The predicted octanol–water partition coefficient (Wildman–Crippen LogP) is 2.64. The third-order valence-electron chi connectivity index (χ3n) is 4.30. The number of halogens is 1. The minimum atomic E-state index is -0.419. The summed E-state index contributed by atoms with van der Waals surface area (Å²) in [5.74, 6) is 0.765. The van der Waals surface area contributed by atoms with Gasteiger partial charge in [0.05, 0.1) is 19.9 Å². The summed E-state index contributed by atoms with van der Waals surface area (Å²) in [6, 6.07) is 6.51. The number of methoxy groups -OCH3 is 1. The van der Waals surface area contributed by atoms with Gasteiger partial charge in [0.1, 0.15) is 5.82 Å². The van der Waals surface area contributed by atoms with Crippen molar-refractivity contribution in [1.82, 2.24) is 9.78 Å². The molecule has 2 aromatic rings. The van der Waals surface area contributed by atoms with Crippen LogP contribution in [0.2, 0.25) is 0 Å². The van der Waals surface area contributed by atoms with E-state index < -0.39 is 5.82 Å². The Morgan fingerprint density at radius 1 is 1.48 bits per heavy atom. The number of carbonyl (C=O) groups excluding carboxylic acids is 1. The van der Waals surface area contributed by atoms with Crippen LogP contribution in [0.1, 0.15) is 18.4 Å². The van der Waals surface area contributed by atoms with Crippen LogP contribution in [0.5, 0.6) is 5.75 Å². The van der Waals surface area contributed by atoms with E-state index in [2.05, 4.69) is 10.4 Å². The Labute approximate surface area is 145 Å². The van der Waals surface area contributed by atoms with Gasteiger partial charge in [0.15, 0.2) is 11.6 Å². The fourth-order valence-electron chi connectivity index (χ4n) is 2.88. The Morgan fingerprint density at radius 2 is 2.36 bits per heavy atom. The third kappa shape index (κ3) is 4.57. The van der Waals surface area contributed by atoms with Crippen molar-refractivity contribution >= 4 is 11.7 Å². The summed E-state index contributed by atoms with van der Waals surface area (Å²) in [5.41, 5.74) is 0.755. The van der Waals surface area contributed by atoms with Crippen molar-refractivity contribution < 1.29 is 18.7 Å². The molecule has 1 fully saturated rings. The molecular weight excluding hydrogens is 325 g/mol. The van der Waals surface area contributed by atoms with Gasteiger partial charge in [-0.25, -0.2) is 9.07 Å². The summed E-state index contributed by atoms with van der Waals surface area (Å²) in [5, 5.41) is 7.14. The molecule has 1 aromatic carbocycles. The Hall–Kier alpha value is -2.41. The van der Waals surface area contributed by atoms with Gasteiger partial charge < -0.3 is 14.8 Å². The standard InChI is InChI=1S/C18H22FN3O3/c1-24-16-4-2-13(10-15(16)19)3-5-18(23)21-17-6-8-20-22(17)11-14-7-9-25-12-14/h2,4,6,8,10,14H,3,5,7,9,11-12H2,1H3,(H,21,23)/t14-/m0/s1. The molecule has 3 rings (SSSR count). The molecule has 25 heavy (non-hydrogen) atoms. The molecule has 1 aliphatic heterocycles. The highest BCUT2D eigenvalue weighted by Gasteiger charge is 2.18. The van der Waals surface area contributed by atoms with E-state index in [9.17, 15) is 9.18 Å². The molecule has 134 valence electrons. The number of nitrogens with zero attached hydrogens (tertiary/aromatic N) is 2. The topological polar surface area (TPSA) is 65.4 Å². The lowest BCUT2D eigenvalue weighted by Gasteiger charge is -2.12. The number of amides is 1. The van der Waals surface area contributed by atoms with Crippen LogP contribution in [0.25, 0.3) is 0 Å². The van der Waals surface area contributed by atoms with Crippen molar-refractivity contribution in [3.8, 4) is 5.75 Å². The van der Waals surface area contributed by atoms with E-state index in [1.54, 1.807) is 29.1 Å². The number of ether oxygens (including phenoxy) is 2. The van der Waals surface area contributed by atoms with Gasteiger partial charge in [-0.2, -0.15) is 5.10 Å². The third-order valence-corrected chi connectivity index (χ3v) is 4.30. The molecule has 0 saturated carbocycles. The summed E-state index contributed by atoms with van der Waals surface area (Å²) >= 11 is 0. The van der Waals surface area contributed by atoms with E-state index in [-0.39, 0.29) is 18.1 Å². The highest BCUT2D eigenvalue weighted by atomic mass is 19.1. The van der Waals surface area contributed by atoms with Crippen molar-refractivity contribution in [2.75, 3.05) is 25.6 Å². The molecule has 1 atom stereocenters. The van der Waals surface area contributed by atoms with Gasteiger partial charge in [0.2, 0.25) is 5.91 Å². The highest BCUT2D eigenvalue weighted by molar-refractivity contribution is 5.89. The van der Waals surface area contributed by atoms with Gasteiger partial charge in [-0.1, -0.05) is 6.07 Å². The summed E-state index contributed by atoms with van der Waals surface area (Å²) in [4.78, 5) is 12.2. The molecule has 0 bridgehead atoms. The van der Waals surface area contributed by atoms with Crippen LogP contribution in [-0.2, 0) is 22.5 Å². The van der Waals surface area contributed by atoms with Gasteiger partial charge in [-0.3, -0.25) is 4.79 Å². The first-order chi connectivity index (χ1) is 12.2. The Balaban J connectivity index is 1.52. The van der Waals surface area contributed by atoms with Crippen molar-refractivity contribution in [1.29, 1.82) is 0 Å². The fraction of sp³-hybridized carbons (Fsp3) is 0.444. The first-order valence-corrected chi connectivity index (χ1v) is 8.37. The van der Waals surface area contributed by atoms with Crippen molar-refractivity contribution in [2.45, 2.75) is 25.8 Å². The van der Waals surface area contributed by atoms with E-state index in [0.29, 0.717) is 18.2 Å². The molecule has 1 saturated heterocycles. The largest absolute Gasteiger partial charge is 0.494 e. The lowest BCUT2D eigenvalue weighted by molar-refractivity contribution is -0.116. The van der Waals surface area contributed by atoms with Crippen LogP contribution in [0, 0.1) is 11.7 Å². The Kier molecular flexibility index (Phi) is 5.65. The van der Waals surface area contributed by atoms with E-state index >= 15 is 0 Å². The number of carbonyl (C=O) groups is 1. The number of nitrogens with one attached hydrogen (secondary N) is 1. The quantitative estimate of drug-likeness (QED) is 0.836. The lowest BCUT2D eigenvalue weighted by atomic mass is 10.1. The summed E-state index contributed by atoms with van der Waals surface area (Å²) < 4.78 is 25.7. The number of aryl methyl sites for hydroxylation is 1. The van der Waals surface area contributed by atoms with Gasteiger partial charge in [-0.05, 0) is 30.5 Å². The molecule has 0 spiro atoms. The summed E-state index contributed by atoms with van der Waals surface area (Å²) in [7, 11) is 1.42. The SMILES string of the molecule is COc1ccc(CCC(=O)Nc2ccnn2C[C@@H]2CCOC2)cc1F. The maximum atomic E-state index is 13.7. The number of hydrogen-bond donors (Lipinski definition) is 1. The molecule has 0 radical (unpaired) electrons. The molecule has 1 amide bonds. The maximum Gasteiger partial charge on any atom is 0.225 e. The minimum absolute atomic E-state index is 0.124. The molecular formula is C18H22FN3O3. The Bertz CT molecular complexity index is 726. The monoisotopic (exact) mass is 347 g/mol. The van der Waals surface area contributed by atoms with Gasteiger partial charge >= 0.3 is 0 Å². The van der Waals surface area contributed by atoms with Crippen LogP contribution in [0.15, 0.2) is 30.5 Å². The lowest BCUT2D eigenvalue weighted by Crippen LogP contribution is -2.19. The van der Waals surface area contributed by atoms with Crippen LogP contribution < -0.4 is 10.1 Å². The van der Waals surface area contributed by atoms with Crippen molar-refractivity contribution in [3.05, 3.63) is 41.8 Å². The van der Waals surface area contributed by atoms with Crippen molar-refractivity contribution in [3.63, 3.8) is 0 Å². The second-order valence-electron chi connectivity index (χ2n) is 6.15. The highest BCUT2D eigenvalue weighted by Crippen LogP contribution is 2.19. The summed E-state index contributed by atoms with van der Waals surface area (Å²) in [6.45, 7) is 2.24. The number of anilines is 1. The van der Waals surface area contributed by atoms with E-state index in [1.807, 2.05) is 0 Å². The average molecular weight is 347 g/mol. The van der Waals surface area contributed by atoms with Gasteiger partial charge in [0, 0.05) is 31.6 Å². The normalized spacial score (nSPS) is 16.8. The molecule has 1 N–H and O–H groups in total. The number of aromatic nitrogens is 2. The molecule has 0 unspecified atom stereocenters. The van der Waals surface area contributed by atoms with Gasteiger partial charge in [-0.15, -0.1) is 0 Å². The van der Waals surface area contributed by atoms with Crippen LogP contribution in [-0.4, -0.2) is 36.0 Å². The van der Waals surface area contributed by atoms with E-state index in [4.69, 9.17) is 9.47 Å². The molecule has 0 aliphatic carbocycles. The molecule has 2 heterocycles. The van der Waals surface area contributed by atoms with Crippen LogP contribution >= 0.6 is 0 Å². The molecule has 1 aliphatic rings. The van der Waals surface area contributed by atoms with Crippen LogP contribution in [0.3, 0.4) is 0 Å². The molecule has 1 aromatic heterocycles. The van der Waals surface area contributed by atoms with E-state index in [0.717, 1.165) is 31.7 Å². The predicted molar refractivity (Wildman–Crippen MR) is 91.1 cm³/mol. The number of benzene rings is 1. The van der Waals surface area contributed by atoms with Gasteiger partial charge in [0.25, 0.3) is 0 Å². The Morgan fingerprint density at radius 3 is 3.08 bits per heavy atom. The van der Waals surface area contributed by atoms with Crippen molar-refractivity contribution in [2.24, 2.45) is 5.92 Å². The zero-order valence-corrected chi connectivity index (χ0v) is 14.2. The first kappa shape index (κ1) is 17.4. The number of rotatable bonds is 7. The average Bonchev–Trinajstić information content (AvgIpc) is 3.26. The maximum absolute atomic E-state index is 13.7. The first-order valence-electron chi connectivity index (χ1n) is 8.37. The van der Waals surface area contributed by atoms with E-state index in [1.165, 1.54) is 13.2 Å². The zero-order chi connectivity index (χ0) is 17.6. The van der Waals surface area contributed by atoms with Crippen LogP contribution in [0.4, 0.5) is 10.2 Å². The minimum Gasteiger partial charge on any atom is -0.494 e. The molecule has 7 heteroatoms. The fourth-order valence-corrected chi connectivity index (χ4v) is 2.88. The second kappa shape index (κ2) is 8.11. The smallest absolute Gasteiger partial charge is 0.225 e.